The molecule has 5 nitrogen and oxygen atoms in total. The van der Waals surface area contributed by atoms with Gasteiger partial charge in [0.05, 0.1) is 5.92 Å². The Kier molecular flexibility index (Phi) is 3.93. The van der Waals surface area contributed by atoms with Crippen LogP contribution in [0.1, 0.15) is 35.6 Å². The number of hydrogen-bond donors (Lipinski definition) is 2. The third-order valence-corrected chi connectivity index (χ3v) is 5.85. The second-order valence-electron chi connectivity index (χ2n) is 7.51. The van der Waals surface area contributed by atoms with E-state index in [4.69, 9.17) is 0 Å². The van der Waals surface area contributed by atoms with Crippen LogP contribution in [0, 0.1) is 5.82 Å². The summed E-state index contributed by atoms with van der Waals surface area (Å²) in [6.07, 6.45) is 1.54. The first-order chi connectivity index (χ1) is 13.6. The predicted molar refractivity (Wildman–Crippen MR) is 104 cm³/mol. The van der Waals surface area contributed by atoms with Gasteiger partial charge in [-0.15, -0.1) is 0 Å². The van der Waals surface area contributed by atoms with Crippen molar-refractivity contribution in [1.82, 2.24) is 9.88 Å². The van der Waals surface area contributed by atoms with Gasteiger partial charge < -0.3 is 15.2 Å². The summed E-state index contributed by atoms with van der Waals surface area (Å²) >= 11 is 0. The lowest BCUT2D eigenvalue weighted by atomic mass is 9.95. The van der Waals surface area contributed by atoms with E-state index in [0.717, 1.165) is 39.8 Å². The van der Waals surface area contributed by atoms with Crippen molar-refractivity contribution in [1.29, 1.82) is 0 Å². The molecule has 0 radical (unpaired) electrons. The van der Waals surface area contributed by atoms with Crippen LogP contribution in [-0.2, 0) is 22.6 Å². The van der Waals surface area contributed by atoms with Crippen LogP contribution in [0.4, 0.5) is 10.1 Å². The monoisotopic (exact) mass is 377 g/mol. The summed E-state index contributed by atoms with van der Waals surface area (Å²) < 4.78 is 13.7. The molecule has 0 saturated heterocycles. The number of amides is 2. The fourth-order valence-corrected chi connectivity index (χ4v) is 4.39. The number of nitrogens with one attached hydrogen (secondary N) is 2. The lowest BCUT2D eigenvalue weighted by Gasteiger charge is -2.27. The number of carbonyl (C=O) groups excluding carboxylic acids is 2. The van der Waals surface area contributed by atoms with E-state index >= 15 is 0 Å². The van der Waals surface area contributed by atoms with E-state index in [1.807, 2.05) is 29.2 Å². The molecule has 6 heteroatoms. The second-order valence-corrected chi connectivity index (χ2v) is 7.51. The number of halogens is 1. The van der Waals surface area contributed by atoms with Crippen molar-refractivity contribution in [3.05, 3.63) is 65.1 Å². The Morgan fingerprint density at radius 2 is 2.07 bits per heavy atom. The summed E-state index contributed by atoms with van der Waals surface area (Å²) in [5, 5.41) is 3.73. The van der Waals surface area contributed by atoms with E-state index < -0.39 is 0 Å². The normalized spacial score (nSPS) is 18.1. The highest BCUT2D eigenvalue weighted by atomic mass is 19.1. The Balaban J connectivity index is 1.30. The first kappa shape index (κ1) is 17.0. The highest BCUT2D eigenvalue weighted by molar-refractivity contribution is 6.03. The molecule has 1 aromatic heterocycles. The average Bonchev–Trinajstić information content (AvgIpc) is 3.22. The molecular formula is C22H20FN3O2. The Bertz CT molecular complexity index is 1100. The van der Waals surface area contributed by atoms with Crippen LogP contribution in [0.3, 0.4) is 0 Å². The third kappa shape index (κ3) is 2.76. The Hall–Kier alpha value is -3.15. The molecule has 0 aliphatic carbocycles. The molecule has 3 heterocycles. The van der Waals surface area contributed by atoms with Crippen LogP contribution in [0.25, 0.3) is 10.9 Å². The predicted octanol–water partition coefficient (Wildman–Crippen LogP) is 3.71. The molecule has 3 aromatic rings. The summed E-state index contributed by atoms with van der Waals surface area (Å²) in [7, 11) is 0. The number of aromatic amines is 1. The van der Waals surface area contributed by atoms with Crippen molar-refractivity contribution >= 4 is 28.4 Å². The van der Waals surface area contributed by atoms with E-state index in [0.29, 0.717) is 25.9 Å². The number of nitrogens with zero attached hydrogens (tertiary/aromatic N) is 1. The number of anilines is 1. The van der Waals surface area contributed by atoms with E-state index in [-0.39, 0.29) is 23.5 Å². The van der Waals surface area contributed by atoms with Gasteiger partial charge in [-0.1, -0.05) is 18.2 Å². The van der Waals surface area contributed by atoms with Gasteiger partial charge in [-0.25, -0.2) is 4.39 Å². The van der Waals surface area contributed by atoms with Crippen LogP contribution >= 0.6 is 0 Å². The maximum atomic E-state index is 13.7. The number of fused-ring (bicyclic) bond motifs is 4. The van der Waals surface area contributed by atoms with Gasteiger partial charge in [0, 0.05) is 53.8 Å². The van der Waals surface area contributed by atoms with Gasteiger partial charge in [0.2, 0.25) is 11.8 Å². The number of aromatic nitrogens is 1. The van der Waals surface area contributed by atoms with Gasteiger partial charge >= 0.3 is 0 Å². The van der Waals surface area contributed by atoms with Crippen LogP contribution < -0.4 is 5.32 Å². The summed E-state index contributed by atoms with van der Waals surface area (Å²) in [6, 6.07) is 12.3. The smallest absolute Gasteiger partial charge is 0.232 e. The number of H-pyrrole nitrogens is 1. The topological polar surface area (TPSA) is 65.2 Å². The SMILES string of the molecule is O=C1Nc2ccccc2[C@H]1CCC(=O)N1CCc2[nH]c3ccc(F)cc3c2C1. The minimum Gasteiger partial charge on any atom is -0.358 e. The third-order valence-electron chi connectivity index (χ3n) is 5.85. The van der Waals surface area contributed by atoms with Crippen molar-refractivity contribution in [2.75, 3.05) is 11.9 Å². The van der Waals surface area contributed by atoms with E-state index in [9.17, 15) is 14.0 Å². The molecule has 2 N–H and O–H groups in total. The van der Waals surface area contributed by atoms with E-state index in [1.54, 1.807) is 6.07 Å². The molecule has 0 saturated carbocycles. The zero-order valence-electron chi connectivity index (χ0n) is 15.3. The molecule has 0 fully saturated rings. The average molecular weight is 377 g/mol. The summed E-state index contributed by atoms with van der Waals surface area (Å²) in [5.74, 6) is -0.554. The molecule has 0 bridgehead atoms. The molecule has 2 aliphatic heterocycles. The van der Waals surface area contributed by atoms with Crippen LogP contribution in [-0.4, -0.2) is 28.2 Å². The van der Waals surface area contributed by atoms with Crippen LogP contribution in [0.2, 0.25) is 0 Å². The highest BCUT2D eigenvalue weighted by Gasteiger charge is 2.31. The van der Waals surface area contributed by atoms with Gasteiger partial charge in [-0.2, -0.15) is 0 Å². The first-order valence-corrected chi connectivity index (χ1v) is 9.56. The van der Waals surface area contributed by atoms with Gasteiger partial charge in [-0.3, -0.25) is 9.59 Å². The first-order valence-electron chi connectivity index (χ1n) is 9.56. The summed E-state index contributed by atoms with van der Waals surface area (Å²) in [6.45, 7) is 1.11. The zero-order chi connectivity index (χ0) is 19.3. The van der Waals surface area contributed by atoms with Crippen molar-refractivity contribution in [3.8, 4) is 0 Å². The van der Waals surface area contributed by atoms with Gasteiger partial charge in [0.25, 0.3) is 0 Å². The lowest BCUT2D eigenvalue weighted by molar-refractivity contribution is -0.132. The molecule has 5 rings (SSSR count). The van der Waals surface area contributed by atoms with Crippen molar-refractivity contribution in [2.45, 2.75) is 31.7 Å². The molecule has 2 aliphatic rings. The minimum atomic E-state index is -0.275. The van der Waals surface area contributed by atoms with E-state index in [2.05, 4.69) is 10.3 Å². The molecular weight excluding hydrogens is 357 g/mol. The van der Waals surface area contributed by atoms with E-state index in [1.165, 1.54) is 12.1 Å². The molecule has 1 atom stereocenters. The molecule has 28 heavy (non-hydrogen) atoms. The zero-order valence-corrected chi connectivity index (χ0v) is 15.3. The maximum Gasteiger partial charge on any atom is 0.232 e. The standard InChI is InChI=1S/C22H20FN3O2/c23-13-5-7-19-16(11-13)17-12-26(10-9-20(17)24-19)21(27)8-6-15-14-3-1-2-4-18(14)25-22(15)28/h1-5,7,11,15,24H,6,8-10,12H2,(H,25,28)/t15-/m1/s1. The Labute approximate surface area is 161 Å². The fraction of sp³-hybridized carbons (Fsp3) is 0.273. The number of rotatable bonds is 3. The van der Waals surface area contributed by atoms with Crippen molar-refractivity contribution in [2.24, 2.45) is 0 Å². The quantitative estimate of drug-likeness (QED) is 0.731. The summed E-state index contributed by atoms with van der Waals surface area (Å²) in [5.41, 5.74) is 4.79. The maximum absolute atomic E-state index is 13.7. The largest absolute Gasteiger partial charge is 0.358 e. The summed E-state index contributed by atoms with van der Waals surface area (Å²) in [4.78, 5) is 30.2. The lowest BCUT2D eigenvalue weighted by Crippen LogP contribution is -2.36. The molecule has 0 spiro atoms. The minimum absolute atomic E-state index is 0.0357. The molecule has 0 unspecified atom stereocenters. The Morgan fingerprint density at radius 3 is 2.96 bits per heavy atom. The van der Waals surface area contributed by atoms with Crippen LogP contribution in [0.5, 0.6) is 0 Å². The second kappa shape index (κ2) is 6.48. The van der Waals surface area contributed by atoms with Crippen LogP contribution in [0.15, 0.2) is 42.5 Å². The molecule has 2 aromatic carbocycles. The number of hydrogen-bond acceptors (Lipinski definition) is 2. The number of para-hydroxylation sites is 1. The van der Waals surface area contributed by atoms with Gasteiger partial charge in [-0.05, 0) is 36.2 Å². The number of benzene rings is 2. The van der Waals surface area contributed by atoms with Gasteiger partial charge in [0.15, 0.2) is 0 Å². The highest BCUT2D eigenvalue weighted by Crippen LogP contribution is 2.35. The van der Waals surface area contributed by atoms with Gasteiger partial charge in [0.1, 0.15) is 5.82 Å². The molecule has 2 amide bonds. The fourth-order valence-electron chi connectivity index (χ4n) is 4.39. The van der Waals surface area contributed by atoms with Crippen molar-refractivity contribution in [3.63, 3.8) is 0 Å². The molecule has 142 valence electrons. The Morgan fingerprint density at radius 1 is 1.21 bits per heavy atom. The van der Waals surface area contributed by atoms with Crippen molar-refractivity contribution < 1.29 is 14.0 Å². The number of carbonyl (C=O) groups is 2.